The van der Waals surface area contributed by atoms with Gasteiger partial charge in [0.2, 0.25) is 6.29 Å². The average molecular weight is 679 g/mol. The molecule has 1 saturated heterocycles. The number of ether oxygens (including phenoxy) is 5. The molecule has 2 heterocycles. The molecule has 264 valence electrons. The molecule has 7 heteroatoms. The highest BCUT2D eigenvalue weighted by molar-refractivity contribution is 5.91. The SMILES string of the molecule is Cc1ccc(C#Cc2ccc3c(c2)OC(CCC(=O)OC[C@]2(COCc4ccccc4)C/C(=C\CC(CC(C)C)CC(C)C)C(=O)O2)O3)cc1. The Labute approximate surface area is 297 Å². The molecular formula is C43H50O7. The molecule has 3 aromatic rings. The number of allylic oxidation sites excluding steroid dienone is 1. The molecule has 50 heavy (non-hydrogen) atoms. The summed E-state index contributed by atoms with van der Waals surface area (Å²) in [7, 11) is 0. The molecule has 5 rings (SSSR count). The van der Waals surface area contributed by atoms with Gasteiger partial charge in [-0.1, -0.05) is 93.6 Å². The predicted molar refractivity (Wildman–Crippen MR) is 193 cm³/mol. The van der Waals surface area contributed by atoms with E-state index in [1.165, 1.54) is 5.56 Å². The van der Waals surface area contributed by atoms with Crippen LogP contribution in [0.1, 0.15) is 88.5 Å². The van der Waals surface area contributed by atoms with Crippen LogP contribution in [0.15, 0.2) is 84.4 Å². The van der Waals surface area contributed by atoms with Gasteiger partial charge < -0.3 is 23.7 Å². The van der Waals surface area contributed by atoms with Crippen LogP contribution < -0.4 is 9.47 Å². The Bertz CT molecular complexity index is 1670. The van der Waals surface area contributed by atoms with Crippen molar-refractivity contribution in [2.45, 2.75) is 91.6 Å². The lowest BCUT2D eigenvalue weighted by molar-refractivity contribution is -0.169. The molecule has 0 aromatic heterocycles. The first-order chi connectivity index (χ1) is 24.1. The Morgan fingerprint density at radius 1 is 0.900 bits per heavy atom. The van der Waals surface area contributed by atoms with Crippen LogP contribution in [0, 0.1) is 36.5 Å². The first-order valence-electron chi connectivity index (χ1n) is 17.8. The average Bonchev–Trinajstić information content (AvgIpc) is 3.64. The number of rotatable bonds is 15. The van der Waals surface area contributed by atoms with Crippen molar-refractivity contribution in [3.05, 3.63) is 107 Å². The second-order valence-electron chi connectivity index (χ2n) is 14.5. The molecule has 1 unspecified atom stereocenters. The summed E-state index contributed by atoms with van der Waals surface area (Å²) in [5, 5.41) is 0. The molecule has 0 N–H and O–H groups in total. The van der Waals surface area contributed by atoms with Crippen LogP contribution in [0.2, 0.25) is 0 Å². The number of carbonyl (C=O) groups excluding carboxylic acids is 2. The Morgan fingerprint density at radius 3 is 2.30 bits per heavy atom. The summed E-state index contributed by atoms with van der Waals surface area (Å²) >= 11 is 0. The van der Waals surface area contributed by atoms with Gasteiger partial charge in [0.05, 0.1) is 19.6 Å². The van der Waals surface area contributed by atoms with Crippen molar-refractivity contribution in [3.63, 3.8) is 0 Å². The van der Waals surface area contributed by atoms with E-state index in [1.807, 2.05) is 85.8 Å². The maximum atomic E-state index is 13.2. The lowest BCUT2D eigenvalue weighted by Crippen LogP contribution is -2.40. The molecule has 7 nitrogen and oxygen atoms in total. The second-order valence-corrected chi connectivity index (χ2v) is 14.5. The van der Waals surface area contributed by atoms with Crippen LogP contribution >= 0.6 is 0 Å². The van der Waals surface area contributed by atoms with E-state index in [9.17, 15) is 9.59 Å². The van der Waals surface area contributed by atoms with Crippen molar-refractivity contribution < 1.29 is 33.3 Å². The van der Waals surface area contributed by atoms with E-state index in [0.717, 1.165) is 36.0 Å². The zero-order valence-corrected chi connectivity index (χ0v) is 30.0. The topological polar surface area (TPSA) is 80.3 Å². The molecule has 0 amide bonds. The maximum absolute atomic E-state index is 13.2. The Kier molecular flexibility index (Phi) is 12.8. The van der Waals surface area contributed by atoms with Crippen LogP contribution in [0.5, 0.6) is 11.5 Å². The molecule has 2 atom stereocenters. The van der Waals surface area contributed by atoms with Gasteiger partial charge in [-0.2, -0.15) is 0 Å². The molecule has 2 aliphatic rings. The number of cyclic esters (lactones) is 1. The van der Waals surface area contributed by atoms with Crippen molar-refractivity contribution in [2.75, 3.05) is 13.2 Å². The molecule has 0 saturated carbocycles. The highest BCUT2D eigenvalue weighted by Gasteiger charge is 2.45. The number of esters is 2. The number of hydrogen-bond acceptors (Lipinski definition) is 7. The normalized spacial score (nSPS) is 18.8. The Balaban J connectivity index is 1.16. The smallest absolute Gasteiger partial charge is 0.334 e. The molecule has 0 radical (unpaired) electrons. The third kappa shape index (κ3) is 11.0. The fourth-order valence-electron chi connectivity index (χ4n) is 6.44. The van der Waals surface area contributed by atoms with Gasteiger partial charge in [-0.3, -0.25) is 4.79 Å². The van der Waals surface area contributed by atoms with Crippen LogP contribution in [0.3, 0.4) is 0 Å². The summed E-state index contributed by atoms with van der Waals surface area (Å²) in [5.74, 6) is 8.39. The monoisotopic (exact) mass is 678 g/mol. The van der Waals surface area contributed by atoms with E-state index in [1.54, 1.807) is 0 Å². The van der Waals surface area contributed by atoms with Crippen molar-refractivity contribution in [2.24, 2.45) is 17.8 Å². The van der Waals surface area contributed by atoms with E-state index in [2.05, 4.69) is 39.5 Å². The molecule has 3 aromatic carbocycles. The molecule has 1 fully saturated rings. The van der Waals surface area contributed by atoms with Gasteiger partial charge in [0, 0.05) is 29.5 Å². The van der Waals surface area contributed by atoms with Gasteiger partial charge in [-0.05, 0) is 79.8 Å². The van der Waals surface area contributed by atoms with E-state index < -0.39 is 17.9 Å². The first kappa shape index (κ1) is 36.7. The van der Waals surface area contributed by atoms with Crippen molar-refractivity contribution >= 4 is 11.9 Å². The standard InChI is InChI=1S/C43H50O7/c1-30(2)23-36(24-31(3)4)17-19-37-26-43(50-42(37)45,28-46-27-35-9-7-6-8-10-35)29-47-40(44)21-22-41-48-38-20-18-34(25-39(38)49-41)16-15-33-13-11-32(5)12-14-33/h6-14,18-20,25,30-31,36,41H,17,21-24,26-29H2,1-5H3/b37-19+/t41?,43-/m1/s1. The molecule has 0 bridgehead atoms. The van der Waals surface area contributed by atoms with E-state index >= 15 is 0 Å². The van der Waals surface area contributed by atoms with Crippen LogP contribution in [0.4, 0.5) is 0 Å². The zero-order valence-electron chi connectivity index (χ0n) is 30.0. The van der Waals surface area contributed by atoms with Gasteiger partial charge in [-0.15, -0.1) is 0 Å². The maximum Gasteiger partial charge on any atom is 0.334 e. The lowest BCUT2D eigenvalue weighted by atomic mass is 9.86. The van der Waals surface area contributed by atoms with Crippen molar-refractivity contribution in [3.8, 4) is 23.3 Å². The van der Waals surface area contributed by atoms with Crippen LogP contribution in [-0.2, 0) is 30.4 Å². The van der Waals surface area contributed by atoms with Crippen LogP contribution in [-0.4, -0.2) is 37.0 Å². The van der Waals surface area contributed by atoms with Gasteiger partial charge in [-0.25, -0.2) is 4.79 Å². The van der Waals surface area contributed by atoms with E-state index in [4.69, 9.17) is 23.7 Å². The minimum Gasteiger partial charge on any atom is -0.461 e. The minimum absolute atomic E-state index is 0.0718. The number of carbonyl (C=O) groups is 2. The second kappa shape index (κ2) is 17.4. The highest BCUT2D eigenvalue weighted by Crippen LogP contribution is 2.37. The van der Waals surface area contributed by atoms with Crippen molar-refractivity contribution in [1.82, 2.24) is 0 Å². The summed E-state index contributed by atoms with van der Waals surface area (Å²) in [6, 6.07) is 23.4. The highest BCUT2D eigenvalue weighted by atomic mass is 16.7. The largest absolute Gasteiger partial charge is 0.461 e. The number of hydrogen-bond donors (Lipinski definition) is 0. The molecule has 0 spiro atoms. The fourth-order valence-corrected chi connectivity index (χ4v) is 6.44. The quantitative estimate of drug-likeness (QED) is 0.0904. The van der Waals surface area contributed by atoms with Gasteiger partial charge in [0.15, 0.2) is 17.1 Å². The summed E-state index contributed by atoms with van der Waals surface area (Å²) in [6.07, 6.45) is 5.12. The number of benzene rings is 3. The lowest BCUT2D eigenvalue weighted by Gasteiger charge is -2.26. The molecular weight excluding hydrogens is 628 g/mol. The van der Waals surface area contributed by atoms with E-state index in [-0.39, 0.29) is 25.6 Å². The van der Waals surface area contributed by atoms with Gasteiger partial charge in [0.1, 0.15) is 6.61 Å². The molecule has 0 aliphatic carbocycles. The summed E-state index contributed by atoms with van der Waals surface area (Å²) < 4.78 is 29.7. The van der Waals surface area contributed by atoms with Gasteiger partial charge in [0.25, 0.3) is 0 Å². The fraction of sp³-hybridized carbons (Fsp3) is 0.442. The number of aryl methyl sites for hydroxylation is 1. The summed E-state index contributed by atoms with van der Waals surface area (Å²) in [4.78, 5) is 26.2. The Hall–Kier alpha value is -4.54. The Morgan fingerprint density at radius 2 is 1.58 bits per heavy atom. The van der Waals surface area contributed by atoms with Gasteiger partial charge >= 0.3 is 11.9 Å². The van der Waals surface area contributed by atoms with Crippen LogP contribution in [0.25, 0.3) is 0 Å². The molecule has 2 aliphatic heterocycles. The predicted octanol–water partition coefficient (Wildman–Crippen LogP) is 8.74. The zero-order chi connectivity index (χ0) is 35.5. The number of fused-ring (bicyclic) bond motifs is 1. The summed E-state index contributed by atoms with van der Waals surface area (Å²) in [5.41, 5.74) is 3.47. The van der Waals surface area contributed by atoms with Crippen molar-refractivity contribution in [1.29, 1.82) is 0 Å². The first-order valence-corrected chi connectivity index (χ1v) is 17.8. The van der Waals surface area contributed by atoms with E-state index in [0.29, 0.717) is 54.3 Å². The third-order valence-electron chi connectivity index (χ3n) is 8.81. The minimum atomic E-state index is -1.09. The summed E-state index contributed by atoms with van der Waals surface area (Å²) in [6.45, 7) is 11.3. The third-order valence-corrected chi connectivity index (χ3v) is 8.81.